The zero-order valence-corrected chi connectivity index (χ0v) is 13.2. The summed E-state index contributed by atoms with van der Waals surface area (Å²) in [5, 5.41) is 7.05. The van der Waals surface area contributed by atoms with Crippen LogP contribution in [0.5, 0.6) is 0 Å². The fourth-order valence-electron chi connectivity index (χ4n) is 1.92. The molecule has 20 heavy (non-hydrogen) atoms. The fraction of sp³-hybridized carbons (Fsp3) is 0.429. The smallest absolute Gasteiger partial charge is 0.237 e. The maximum Gasteiger partial charge on any atom is 0.237 e. The molecule has 2 aromatic heterocycles. The van der Waals surface area contributed by atoms with E-state index in [1.807, 2.05) is 40.8 Å². The molecule has 0 saturated carbocycles. The van der Waals surface area contributed by atoms with E-state index < -0.39 is 0 Å². The Hall–Kier alpha value is -1.69. The van der Waals surface area contributed by atoms with Crippen molar-refractivity contribution in [3.63, 3.8) is 0 Å². The van der Waals surface area contributed by atoms with E-state index >= 15 is 0 Å². The summed E-state index contributed by atoms with van der Waals surface area (Å²) in [4.78, 5) is 13.3. The molecular weight excluding hydrogens is 274 g/mol. The molecule has 5 nitrogen and oxygen atoms in total. The van der Waals surface area contributed by atoms with Gasteiger partial charge < -0.3 is 9.73 Å². The van der Waals surface area contributed by atoms with E-state index in [2.05, 4.69) is 10.4 Å². The standard InChI is InChI=1S/C14H19N3O2S/c1-8-13(9(2)17(5)16-8)15-14(18)11(4)20-12-6-7-19-10(12)3/h6-7,11H,1-5H3,(H,15,18)/t11-/m1/s1. The number of thioether (sulfide) groups is 1. The average molecular weight is 293 g/mol. The molecule has 0 fully saturated rings. The van der Waals surface area contributed by atoms with Crippen molar-refractivity contribution in [2.24, 2.45) is 7.05 Å². The molecule has 0 saturated heterocycles. The quantitative estimate of drug-likeness (QED) is 0.880. The first-order valence-corrected chi connectivity index (χ1v) is 7.30. The highest BCUT2D eigenvalue weighted by Crippen LogP contribution is 2.28. The molecule has 0 aliphatic heterocycles. The Morgan fingerprint density at radius 1 is 1.45 bits per heavy atom. The monoisotopic (exact) mass is 293 g/mol. The van der Waals surface area contributed by atoms with Gasteiger partial charge in [0.1, 0.15) is 5.76 Å². The van der Waals surface area contributed by atoms with Crippen LogP contribution in [0.4, 0.5) is 5.69 Å². The van der Waals surface area contributed by atoms with Crippen molar-refractivity contribution in [2.75, 3.05) is 5.32 Å². The van der Waals surface area contributed by atoms with E-state index in [4.69, 9.17) is 4.42 Å². The summed E-state index contributed by atoms with van der Waals surface area (Å²) in [5.41, 5.74) is 2.58. The molecule has 2 heterocycles. The van der Waals surface area contributed by atoms with E-state index in [0.29, 0.717) is 0 Å². The minimum absolute atomic E-state index is 0.0326. The summed E-state index contributed by atoms with van der Waals surface area (Å²) in [6.07, 6.45) is 1.64. The highest BCUT2D eigenvalue weighted by Gasteiger charge is 2.19. The maximum absolute atomic E-state index is 12.3. The van der Waals surface area contributed by atoms with Gasteiger partial charge in [0.15, 0.2) is 0 Å². The predicted molar refractivity (Wildman–Crippen MR) is 80.1 cm³/mol. The van der Waals surface area contributed by atoms with Gasteiger partial charge in [0, 0.05) is 11.9 Å². The number of hydrogen-bond acceptors (Lipinski definition) is 4. The lowest BCUT2D eigenvalue weighted by molar-refractivity contribution is -0.115. The van der Waals surface area contributed by atoms with E-state index in [-0.39, 0.29) is 11.2 Å². The molecule has 1 amide bonds. The van der Waals surface area contributed by atoms with Crippen LogP contribution < -0.4 is 5.32 Å². The van der Waals surface area contributed by atoms with Crippen molar-refractivity contribution in [3.05, 3.63) is 29.5 Å². The van der Waals surface area contributed by atoms with Crippen LogP contribution in [0, 0.1) is 20.8 Å². The first-order chi connectivity index (χ1) is 9.40. The lowest BCUT2D eigenvalue weighted by Gasteiger charge is -2.11. The second-order valence-electron chi connectivity index (χ2n) is 4.76. The predicted octanol–water partition coefficient (Wildman–Crippen LogP) is 3.06. The molecule has 0 aliphatic rings. The number of hydrogen-bond donors (Lipinski definition) is 1. The highest BCUT2D eigenvalue weighted by molar-refractivity contribution is 8.00. The van der Waals surface area contributed by atoms with Crippen LogP contribution in [-0.2, 0) is 11.8 Å². The van der Waals surface area contributed by atoms with Crippen molar-refractivity contribution >= 4 is 23.4 Å². The van der Waals surface area contributed by atoms with Crippen molar-refractivity contribution in [1.29, 1.82) is 0 Å². The summed E-state index contributed by atoms with van der Waals surface area (Å²) in [6, 6.07) is 1.88. The van der Waals surface area contributed by atoms with E-state index in [1.165, 1.54) is 11.8 Å². The second kappa shape index (κ2) is 5.75. The van der Waals surface area contributed by atoms with Gasteiger partial charge >= 0.3 is 0 Å². The summed E-state index contributed by atoms with van der Waals surface area (Å²) < 4.78 is 7.01. The molecule has 0 radical (unpaired) electrons. The number of amides is 1. The first kappa shape index (κ1) is 14.7. The average Bonchev–Trinajstić information content (AvgIpc) is 2.89. The topological polar surface area (TPSA) is 60.1 Å². The zero-order valence-electron chi connectivity index (χ0n) is 12.4. The summed E-state index contributed by atoms with van der Waals surface area (Å²) in [7, 11) is 1.87. The van der Waals surface area contributed by atoms with Crippen LogP contribution in [0.1, 0.15) is 24.1 Å². The van der Waals surface area contributed by atoms with Gasteiger partial charge in [-0.2, -0.15) is 5.10 Å². The van der Waals surface area contributed by atoms with Gasteiger partial charge in [-0.05, 0) is 33.8 Å². The summed E-state index contributed by atoms with van der Waals surface area (Å²) in [5.74, 6) is 0.804. The second-order valence-corrected chi connectivity index (χ2v) is 6.14. The minimum atomic E-state index is -0.203. The number of aromatic nitrogens is 2. The maximum atomic E-state index is 12.3. The van der Waals surface area contributed by atoms with Gasteiger partial charge in [0.2, 0.25) is 5.91 Å². The molecule has 0 spiro atoms. The molecule has 0 aliphatic carbocycles. The molecular formula is C14H19N3O2S. The zero-order chi connectivity index (χ0) is 14.9. The Labute approximate surface area is 122 Å². The van der Waals surface area contributed by atoms with Crippen molar-refractivity contribution in [3.8, 4) is 0 Å². The largest absolute Gasteiger partial charge is 0.468 e. The highest BCUT2D eigenvalue weighted by atomic mass is 32.2. The summed E-state index contributed by atoms with van der Waals surface area (Å²) in [6.45, 7) is 7.60. The van der Waals surface area contributed by atoms with E-state index in [9.17, 15) is 4.79 Å². The van der Waals surface area contributed by atoms with Crippen molar-refractivity contribution in [1.82, 2.24) is 9.78 Å². The van der Waals surface area contributed by atoms with Gasteiger partial charge in [-0.15, -0.1) is 11.8 Å². The van der Waals surface area contributed by atoms with Crippen LogP contribution >= 0.6 is 11.8 Å². The number of carbonyl (C=O) groups excluding carboxylic acids is 1. The molecule has 0 bridgehead atoms. The van der Waals surface area contributed by atoms with Crippen LogP contribution in [0.3, 0.4) is 0 Å². The Bertz CT molecular complexity index is 630. The Morgan fingerprint density at radius 2 is 2.15 bits per heavy atom. The lowest BCUT2D eigenvalue weighted by atomic mass is 10.3. The van der Waals surface area contributed by atoms with E-state index in [1.54, 1.807) is 10.9 Å². The molecule has 2 aromatic rings. The van der Waals surface area contributed by atoms with Crippen LogP contribution in [-0.4, -0.2) is 20.9 Å². The van der Waals surface area contributed by atoms with Crippen molar-refractivity contribution < 1.29 is 9.21 Å². The Balaban J connectivity index is 2.06. The normalized spacial score (nSPS) is 12.4. The van der Waals surface area contributed by atoms with Crippen LogP contribution in [0.15, 0.2) is 21.6 Å². The summed E-state index contributed by atoms with van der Waals surface area (Å²) >= 11 is 1.49. The number of rotatable bonds is 4. The van der Waals surface area contributed by atoms with Gasteiger partial charge in [-0.1, -0.05) is 0 Å². The molecule has 2 rings (SSSR count). The SMILES string of the molecule is Cc1nn(C)c(C)c1NC(=O)[C@@H](C)Sc1ccoc1C. The number of nitrogens with one attached hydrogen (secondary N) is 1. The molecule has 0 aromatic carbocycles. The van der Waals surface area contributed by atoms with Gasteiger partial charge in [0.05, 0.1) is 28.6 Å². The lowest BCUT2D eigenvalue weighted by Crippen LogP contribution is -2.23. The Morgan fingerprint density at radius 3 is 2.65 bits per heavy atom. The molecule has 1 atom stereocenters. The van der Waals surface area contributed by atoms with Crippen molar-refractivity contribution in [2.45, 2.75) is 37.8 Å². The first-order valence-electron chi connectivity index (χ1n) is 6.42. The number of carbonyl (C=O) groups is 1. The van der Waals surface area contributed by atoms with E-state index in [0.717, 1.165) is 27.7 Å². The third kappa shape index (κ3) is 2.90. The third-order valence-electron chi connectivity index (χ3n) is 3.24. The molecule has 108 valence electrons. The van der Waals surface area contributed by atoms with Crippen LogP contribution in [0.2, 0.25) is 0 Å². The number of nitrogens with zero attached hydrogens (tertiary/aromatic N) is 2. The minimum Gasteiger partial charge on any atom is -0.468 e. The number of furan rings is 1. The van der Waals surface area contributed by atoms with Gasteiger partial charge in [-0.3, -0.25) is 9.48 Å². The Kier molecular flexibility index (Phi) is 4.23. The number of anilines is 1. The third-order valence-corrected chi connectivity index (χ3v) is 4.49. The van der Waals surface area contributed by atoms with Crippen LogP contribution in [0.25, 0.3) is 0 Å². The number of aryl methyl sites for hydroxylation is 3. The molecule has 0 unspecified atom stereocenters. The fourth-order valence-corrected chi connectivity index (χ4v) is 2.81. The van der Waals surface area contributed by atoms with Gasteiger partial charge in [0.25, 0.3) is 0 Å². The molecule has 1 N–H and O–H groups in total. The van der Waals surface area contributed by atoms with Gasteiger partial charge in [-0.25, -0.2) is 0 Å². The molecule has 6 heteroatoms.